The van der Waals surface area contributed by atoms with Crippen molar-refractivity contribution < 1.29 is 18.0 Å². The van der Waals surface area contributed by atoms with Gasteiger partial charge in [0.1, 0.15) is 5.54 Å². The van der Waals surface area contributed by atoms with Gasteiger partial charge in [-0.05, 0) is 54.7 Å². The Balaban J connectivity index is 1.96. The minimum atomic E-state index is -4.52. The third-order valence-corrected chi connectivity index (χ3v) is 5.94. The number of aromatic nitrogens is 1. The molecule has 0 saturated heterocycles. The highest BCUT2D eigenvalue weighted by molar-refractivity contribution is 6.30. The van der Waals surface area contributed by atoms with Gasteiger partial charge in [-0.1, -0.05) is 54.1 Å². The first-order valence-electron chi connectivity index (χ1n) is 10.4. The van der Waals surface area contributed by atoms with Crippen LogP contribution in [0.4, 0.5) is 13.2 Å². The summed E-state index contributed by atoms with van der Waals surface area (Å²) < 4.78 is 40.8. The molecule has 0 radical (unpaired) electrons. The number of carbonyl (C=O) groups excluding carboxylic acids is 1. The SMILES string of the molecule is Cc1cc(Cl)cnc1C(Cc1ccccc1)(NC(=O)C1CC1)c1cccc(C(F)(F)F)c1. The zero-order valence-electron chi connectivity index (χ0n) is 17.4. The lowest BCUT2D eigenvalue weighted by atomic mass is 9.78. The average molecular weight is 459 g/mol. The summed E-state index contributed by atoms with van der Waals surface area (Å²) in [5.41, 5.74) is 0.262. The number of pyridine rings is 1. The van der Waals surface area contributed by atoms with E-state index in [1.807, 2.05) is 30.3 Å². The maximum atomic E-state index is 13.6. The number of hydrogen-bond acceptors (Lipinski definition) is 2. The Labute approximate surface area is 189 Å². The lowest BCUT2D eigenvalue weighted by molar-refractivity contribution is -0.137. The molecule has 2 aromatic carbocycles. The number of amides is 1. The molecule has 0 spiro atoms. The van der Waals surface area contributed by atoms with Crippen molar-refractivity contribution in [1.82, 2.24) is 10.3 Å². The normalized spacial score (nSPS) is 15.8. The molecule has 7 heteroatoms. The molecule has 166 valence electrons. The Bertz CT molecular complexity index is 1130. The summed E-state index contributed by atoms with van der Waals surface area (Å²) in [4.78, 5) is 17.6. The van der Waals surface area contributed by atoms with Gasteiger partial charge in [0, 0.05) is 18.5 Å². The van der Waals surface area contributed by atoms with Gasteiger partial charge in [-0.2, -0.15) is 13.2 Å². The van der Waals surface area contributed by atoms with Gasteiger partial charge in [-0.15, -0.1) is 0 Å². The second kappa shape index (κ2) is 8.58. The number of rotatable bonds is 6. The van der Waals surface area contributed by atoms with Crippen LogP contribution in [-0.2, 0) is 22.9 Å². The maximum Gasteiger partial charge on any atom is 0.416 e. The van der Waals surface area contributed by atoms with Crippen LogP contribution in [0.3, 0.4) is 0 Å². The molecule has 1 N–H and O–H groups in total. The Morgan fingerprint density at radius 3 is 2.38 bits per heavy atom. The highest BCUT2D eigenvalue weighted by atomic mass is 35.5. The highest BCUT2D eigenvalue weighted by Gasteiger charge is 2.43. The molecule has 32 heavy (non-hydrogen) atoms. The molecule has 1 unspecified atom stereocenters. The number of nitrogens with one attached hydrogen (secondary N) is 1. The third-order valence-electron chi connectivity index (χ3n) is 5.73. The molecule has 0 aliphatic heterocycles. The molecule has 3 nitrogen and oxygen atoms in total. The summed E-state index contributed by atoms with van der Waals surface area (Å²) >= 11 is 6.13. The zero-order valence-corrected chi connectivity index (χ0v) is 18.2. The molecule has 4 rings (SSSR count). The van der Waals surface area contributed by atoms with Crippen molar-refractivity contribution in [2.45, 2.75) is 37.9 Å². The Hall–Kier alpha value is -2.86. The van der Waals surface area contributed by atoms with Gasteiger partial charge >= 0.3 is 6.18 Å². The van der Waals surface area contributed by atoms with E-state index in [1.54, 1.807) is 19.1 Å². The monoisotopic (exact) mass is 458 g/mol. The van der Waals surface area contributed by atoms with E-state index in [4.69, 9.17) is 11.6 Å². The number of benzene rings is 2. The number of hydrogen-bond donors (Lipinski definition) is 1. The second-order valence-electron chi connectivity index (χ2n) is 8.23. The third kappa shape index (κ3) is 4.65. The fraction of sp³-hybridized carbons (Fsp3) is 0.280. The van der Waals surface area contributed by atoms with Crippen LogP contribution in [0, 0.1) is 12.8 Å². The van der Waals surface area contributed by atoms with E-state index >= 15 is 0 Å². The maximum absolute atomic E-state index is 13.6. The number of aryl methyl sites for hydroxylation is 1. The fourth-order valence-corrected chi connectivity index (χ4v) is 4.22. The number of halogens is 4. The first kappa shape index (κ1) is 22.3. The molecule has 3 aromatic rings. The number of carbonyl (C=O) groups is 1. The summed E-state index contributed by atoms with van der Waals surface area (Å²) in [6.45, 7) is 1.80. The average Bonchev–Trinajstić information content (AvgIpc) is 3.59. The summed E-state index contributed by atoms with van der Waals surface area (Å²) in [7, 11) is 0. The van der Waals surface area contributed by atoms with Crippen LogP contribution in [0.5, 0.6) is 0 Å². The van der Waals surface area contributed by atoms with E-state index in [0.717, 1.165) is 30.5 Å². The van der Waals surface area contributed by atoms with Crippen LogP contribution in [-0.4, -0.2) is 10.9 Å². The molecule has 0 bridgehead atoms. The largest absolute Gasteiger partial charge is 0.416 e. The van der Waals surface area contributed by atoms with Gasteiger partial charge in [0.05, 0.1) is 16.3 Å². The van der Waals surface area contributed by atoms with Crippen molar-refractivity contribution in [3.8, 4) is 0 Å². The predicted octanol–water partition coefficient (Wildman–Crippen LogP) is 6.07. The number of alkyl halides is 3. The highest BCUT2D eigenvalue weighted by Crippen LogP contribution is 2.40. The standard InChI is InChI=1S/C25H22ClF3N2O/c1-16-12-21(26)15-30-22(16)24(31-23(32)18-10-11-18,14-17-6-3-2-4-7-17)19-8-5-9-20(13-19)25(27,28)29/h2-9,12-13,15,18H,10-11,14H2,1H3,(H,31,32). The molecule has 1 amide bonds. The first-order valence-corrected chi connectivity index (χ1v) is 10.7. The molecular formula is C25H22ClF3N2O. The van der Waals surface area contributed by atoms with Crippen LogP contribution < -0.4 is 5.32 Å². The van der Waals surface area contributed by atoms with Crippen LogP contribution in [0.1, 0.15) is 40.8 Å². The molecule has 1 atom stereocenters. The zero-order chi connectivity index (χ0) is 22.9. The van der Waals surface area contributed by atoms with Gasteiger partial charge in [-0.3, -0.25) is 9.78 Å². The summed E-state index contributed by atoms with van der Waals surface area (Å²) in [6.07, 6.45) is -1.28. The Morgan fingerprint density at radius 2 is 1.75 bits per heavy atom. The van der Waals surface area contributed by atoms with Crippen molar-refractivity contribution in [3.63, 3.8) is 0 Å². The van der Waals surface area contributed by atoms with Crippen molar-refractivity contribution in [2.24, 2.45) is 5.92 Å². The Kier molecular flexibility index (Phi) is 5.99. The van der Waals surface area contributed by atoms with Gasteiger partial charge < -0.3 is 5.32 Å². The molecule has 1 saturated carbocycles. The van der Waals surface area contributed by atoms with Crippen molar-refractivity contribution >= 4 is 17.5 Å². The van der Waals surface area contributed by atoms with Gasteiger partial charge in [0.2, 0.25) is 5.91 Å². The smallest absolute Gasteiger partial charge is 0.340 e. The van der Waals surface area contributed by atoms with Crippen molar-refractivity contribution in [2.75, 3.05) is 0 Å². The van der Waals surface area contributed by atoms with E-state index in [1.165, 1.54) is 12.3 Å². The molecule has 1 fully saturated rings. The quantitative estimate of drug-likeness (QED) is 0.486. The molecular weight excluding hydrogens is 437 g/mol. The first-order chi connectivity index (χ1) is 15.2. The number of nitrogens with zero attached hydrogens (tertiary/aromatic N) is 1. The minimum Gasteiger partial charge on any atom is -0.340 e. The van der Waals surface area contributed by atoms with E-state index in [9.17, 15) is 18.0 Å². The van der Waals surface area contributed by atoms with Crippen molar-refractivity contribution in [3.05, 3.63) is 99.8 Å². The van der Waals surface area contributed by atoms with Crippen LogP contribution >= 0.6 is 11.6 Å². The predicted molar refractivity (Wildman–Crippen MR) is 117 cm³/mol. The fourth-order valence-electron chi connectivity index (χ4n) is 4.01. The molecule has 1 aliphatic rings. The Morgan fingerprint density at radius 1 is 1.06 bits per heavy atom. The van der Waals surface area contributed by atoms with Crippen LogP contribution in [0.15, 0.2) is 66.9 Å². The lowest BCUT2D eigenvalue weighted by Crippen LogP contribution is -2.50. The lowest BCUT2D eigenvalue weighted by Gasteiger charge is -2.37. The second-order valence-corrected chi connectivity index (χ2v) is 8.67. The molecule has 1 aliphatic carbocycles. The van der Waals surface area contributed by atoms with Crippen LogP contribution in [0.2, 0.25) is 5.02 Å². The topological polar surface area (TPSA) is 42.0 Å². The van der Waals surface area contributed by atoms with Gasteiger partial charge in [-0.25, -0.2) is 0 Å². The van der Waals surface area contributed by atoms with E-state index < -0.39 is 17.3 Å². The summed E-state index contributed by atoms with van der Waals surface area (Å²) in [5.74, 6) is -0.321. The van der Waals surface area contributed by atoms with E-state index in [2.05, 4.69) is 10.3 Å². The summed E-state index contributed by atoms with van der Waals surface area (Å²) in [6, 6.07) is 16.2. The van der Waals surface area contributed by atoms with E-state index in [0.29, 0.717) is 21.8 Å². The van der Waals surface area contributed by atoms with Crippen LogP contribution in [0.25, 0.3) is 0 Å². The van der Waals surface area contributed by atoms with Gasteiger partial charge in [0.15, 0.2) is 0 Å². The van der Waals surface area contributed by atoms with E-state index in [-0.39, 0.29) is 18.2 Å². The van der Waals surface area contributed by atoms with Gasteiger partial charge in [0.25, 0.3) is 0 Å². The minimum absolute atomic E-state index is 0.136. The molecule has 1 heterocycles. The van der Waals surface area contributed by atoms with Crippen molar-refractivity contribution in [1.29, 1.82) is 0 Å². The molecule has 1 aromatic heterocycles. The summed E-state index contributed by atoms with van der Waals surface area (Å²) in [5, 5.41) is 3.51.